The van der Waals surface area contributed by atoms with Crippen LogP contribution in [0.15, 0.2) is 18.2 Å². The minimum absolute atomic E-state index is 0.0438. The second-order valence-corrected chi connectivity index (χ2v) is 7.03. The number of urea groups is 1. The predicted molar refractivity (Wildman–Crippen MR) is 103 cm³/mol. The van der Waals surface area contributed by atoms with Crippen LogP contribution in [-0.4, -0.2) is 51.9 Å². The number of aromatic amines is 1. The third kappa shape index (κ3) is 4.41. The number of hydrogen-bond acceptors (Lipinski definition) is 6. The van der Waals surface area contributed by atoms with Gasteiger partial charge in [-0.15, -0.1) is 0 Å². The summed E-state index contributed by atoms with van der Waals surface area (Å²) < 4.78 is 10.6. The molecule has 0 bridgehead atoms. The lowest BCUT2D eigenvalue weighted by molar-refractivity contribution is -0.121. The molecule has 3 heterocycles. The van der Waals surface area contributed by atoms with E-state index in [0.29, 0.717) is 55.5 Å². The molecule has 29 heavy (non-hydrogen) atoms. The summed E-state index contributed by atoms with van der Waals surface area (Å²) in [6.45, 7) is 3.53. The van der Waals surface area contributed by atoms with Gasteiger partial charge in [0, 0.05) is 37.2 Å². The summed E-state index contributed by atoms with van der Waals surface area (Å²) in [5.74, 6) is 2.49. The molecule has 2 aromatic rings. The molecule has 1 aromatic heterocycles. The van der Waals surface area contributed by atoms with Crippen molar-refractivity contribution in [2.24, 2.45) is 5.92 Å². The molecule has 0 saturated carbocycles. The molecule has 154 valence electrons. The maximum absolute atomic E-state index is 12.6. The van der Waals surface area contributed by atoms with Crippen LogP contribution in [0.1, 0.15) is 31.4 Å². The normalized spacial score (nSPS) is 16.0. The lowest BCUT2D eigenvalue weighted by atomic mass is 9.96. The largest absolute Gasteiger partial charge is 0.454 e. The molecule has 1 fully saturated rings. The smallest absolute Gasteiger partial charge is 0.317 e. The highest BCUT2D eigenvalue weighted by atomic mass is 16.7. The summed E-state index contributed by atoms with van der Waals surface area (Å²) in [5, 5.41) is 12.6. The van der Waals surface area contributed by atoms with Crippen molar-refractivity contribution < 1.29 is 19.1 Å². The van der Waals surface area contributed by atoms with Crippen LogP contribution in [0.4, 0.5) is 10.5 Å². The Balaban J connectivity index is 1.23. The molecule has 0 unspecified atom stereocenters. The minimum atomic E-state index is -0.158. The van der Waals surface area contributed by atoms with Crippen LogP contribution in [0, 0.1) is 5.92 Å². The van der Waals surface area contributed by atoms with E-state index in [-0.39, 0.29) is 24.6 Å². The zero-order chi connectivity index (χ0) is 20.2. The number of hydrogen-bond donors (Lipinski definition) is 3. The fraction of sp³-hybridized carbons (Fsp3) is 0.474. The van der Waals surface area contributed by atoms with Crippen molar-refractivity contribution >= 4 is 17.6 Å². The highest BCUT2D eigenvalue weighted by Gasteiger charge is 2.27. The number of likely N-dealkylation sites (tertiary alicyclic amines) is 1. The van der Waals surface area contributed by atoms with Gasteiger partial charge in [-0.25, -0.2) is 9.78 Å². The average molecular weight is 400 g/mol. The Bertz CT molecular complexity index is 891. The fourth-order valence-corrected chi connectivity index (χ4v) is 3.41. The summed E-state index contributed by atoms with van der Waals surface area (Å²) in [5.41, 5.74) is 0.679. The first kappa shape index (κ1) is 19.0. The Kier molecular flexibility index (Phi) is 5.50. The van der Waals surface area contributed by atoms with Crippen molar-refractivity contribution in [2.45, 2.75) is 32.7 Å². The topological polar surface area (TPSA) is 121 Å². The highest BCUT2D eigenvalue weighted by Crippen LogP contribution is 2.34. The maximum Gasteiger partial charge on any atom is 0.317 e. The quantitative estimate of drug-likeness (QED) is 0.702. The van der Waals surface area contributed by atoms with E-state index in [0.717, 1.165) is 12.2 Å². The number of rotatable bonds is 5. The number of aryl methyl sites for hydroxylation is 1. The number of ether oxygens (including phenoxy) is 2. The summed E-state index contributed by atoms with van der Waals surface area (Å²) in [6.07, 6.45) is 1.98. The van der Waals surface area contributed by atoms with Crippen molar-refractivity contribution in [3.63, 3.8) is 0 Å². The average Bonchev–Trinajstić information content (AvgIpc) is 3.40. The van der Waals surface area contributed by atoms with Gasteiger partial charge in [0.2, 0.25) is 12.7 Å². The molecule has 0 radical (unpaired) electrons. The van der Waals surface area contributed by atoms with Crippen LogP contribution < -0.4 is 20.1 Å². The number of carbonyl (C=O) groups excluding carboxylic acids is 2. The van der Waals surface area contributed by atoms with Gasteiger partial charge in [-0.1, -0.05) is 6.92 Å². The Morgan fingerprint density at radius 2 is 2.03 bits per heavy atom. The third-order valence-electron chi connectivity index (χ3n) is 5.09. The van der Waals surface area contributed by atoms with Gasteiger partial charge >= 0.3 is 6.03 Å². The molecule has 0 spiro atoms. The molecule has 10 heteroatoms. The van der Waals surface area contributed by atoms with Crippen LogP contribution in [-0.2, 0) is 17.8 Å². The van der Waals surface area contributed by atoms with Crippen LogP contribution in [0.3, 0.4) is 0 Å². The molecular weight excluding hydrogens is 376 g/mol. The Morgan fingerprint density at radius 3 is 2.79 bits per heavy atom. The SMILES string of the molecule is CCc1n[nH]c(CNC(=O)N2CCC(C(=O)Nc3ccc4c(c3)OCO4)CC2)n1. The van der Waals surface area contributed by atoms with E-state index in [2.05, 4.69) is 25.8 Å². The van der Waals surface area contributed by atoms with Gasteiger partial charge < -0.3 is 25.0 Å². The molecule has 2 aliphatic rings. The summed E-state index contributed by atoms with van der Waals surface area (Å²) in [7, 11) is 0. The lowest BCUT2D eigenvalue weighted by Crippen LogP contribution is -2.46. The first-order valence-electron chi connectivity index (χ1n) is 9.76. The van der Waals surface area contributed by atoms with Crippen molar-refractivity contribution in [2.75, 3.05) is 25.2 Å². The predicted octanol–water partition coefficient (Wildman–Crippen LogP) is 1.66. The van der Waals surface area contributed by atoms with Crippen LogP contribution in [0.25, 0.3) is 0 Å². The molecule has 1 aromatic carbocycles. The second-order valence-electron chi connectivity index (χ2n) is 7.03. The minimum Gasteiger partial charge on any atom is -0.454 e. The summed E-state index contributed by atoms with van der Waals surface area (Å²) in [6, 6.07) is 5.18. The number of benzene rings is 1. The number of aromatic nitrogens is 3. The molecule has 2 aliphatic heterocycles. The number of carbonyl (C=O) groups is 2. The van der Waals surface area contributed by atoms with Gasteiger partial charge in [0.15, 0.2) is 17.3 Å². The van der Waals surface area contributed by atoms with E-state index < -0.39 is 0 Å². The van der Waals surface area contributed by atoms with Crippen molar-refractivity contribution in [1.82, 2.24) is 25.4 Å². The summed E-state index contributed by atoms with van der Waals surface area (Å²) in [4.78, 5) is 30.9. The van der Waals surface area contributed by atoms with Gasteiger partial charge in [-0.05, 0) is 25.0 Å². The van der Waals surface area contributed by atoms with Crippen molar-refractivity contribution in [3.05, 3.63) is 29.8 Å². The Labute approximate surface area is 168 Å². The number of anilines is 1. The molecule has 4 rings (SSSR count). The monoisotopic (exact) mass is 400 g/mol. The van der Waals surface area contributed by atoms with Gasteiger partial charge in [-0.2, -0.15) is 5.10 Å². The Morgan fingerprint density at radius 1 is 1.24 bits per heavy atom. The zero-order valence-electron chi connectivity index (χ0n) is 16.2. The number of fused-ring (bicyclic) bond motifs is 1. The number of nitrogens with zero attached hydrogens (tertiary/aromatic N) is 3. The number of piperidine rings is 1. The number of H-pyrrole nitrogens is 1. The highest BCUT2D eigenvalue weighted by molar-refractivity contribution is 5.93. The lowest BCUT2D eigenvalue weighted by Gasteiger charge is -2.31. The molecule has 3 amide bonds. The van der Waals surface area contributed by atoms with Crippen LogP contribution in [0.5, 0.6) is 11.5 Å². The molecule has 3 N–H and O–H groups in total. The Hall–Kier alpha value is -3.30. The molecule has 0 aliphatic carbocycles. The van der Waals surface area contributed by atoms with E-state index in [4.69, 9.17) is 9.47 Å². The molecule has 1 saturated heterocycles. The van der Waals surface area contributed by atoms with Crippen molar-refractivity contribution in [3.8, 4) is 11.5 Å². The van der Waals surface area contributed by atoms with Gasteiger partial charge in [0.1, 0.15) is 5.82 Å². The zero-order valence-corrected chi connectivity index (χ0v) is 16.2. The van der Waals surface area contributed by atoms with E-state index in [1.807, 2.05) is 6.92 Å². The number of nitrogens with one attached hydrogen (secondary N) is 3. The molecular formula is C19H24N6O4. The first-order valence-corrected chi connectivity index (χ1v) is 9.76. The first-order chi connectivity index (χ1) is 14.1. The fourth-order valence-electron chi connectivity index (χ4n) is 3.41. The number of amides is 3. The van der Waals surface area contributed by atoms with Crippen molar-refractivity contribution in [1.29, 1.82) is 0 Å². The van der Waals surface area contributed by atoms with Gasteiger partial charge in [0.05, 0.1) is 6.54 Å². The van der Waals surface area contributed by atoms with E-state index in [9.17, 15) is 9.59 Å². The van der Waals surface area contributed by atoms with E-state index >= 15 is 0 Å². The van der Waals surface area contributed by atoms with E-state index in [1.165, 1.54) is 0 Å². The maximum atomic E-state index is 12.6. The molecule has 0 atom stereocenters. The molecule has 10 nitrogen and oxygen atoms in total. The standard InChI is InChI=1S/C19H24N6O4/c1-2-16-22-17(24-23-16)10-20-19(27)25-7-5-12(6-8-25)18(26)21-13-3-4-14-15(9-13)29-11-28-14/h3-4,9,12H,2,5-8,10-11H2,1H3,(H,20,27)(H,21,26)(H,22,23,24). The second kappa shape index (κ2) is 8.38. The van der Waals surface area contributed by atoms with E-state index in [1.54, 1.807) is 23.1 Å². The third-order valence-corrected chi connectivity index (χ3v) is 5.09. The summed E-state index contributed by atoms with van der Waals surface area (Å²) >= 11 is 0. The van der Waals surface area contributed by atoms with Crippen LogP contribution >= 0.6 is 0 Å². The van der Waals surface area contributed by atoms with Gasteiger partial charge in [0.25, 0.3) is 0 Å². The van der Waals surface area contributed by atoms with Gasteiger partial charge in [-0.3, -0.25) is 9.89 Å². The van der Waals surface area contributed by atoms with Crippen LogP contribution in [0.2, 0.25) is 0 Å².